The maximum atomic E-state index is 14.0. The predicted molar refractivity (Wildman–Crippen MR) is 103 cm³/mol. The SMILES string of the molecule is C[C@H]1OC(c2c(F)cccc2F)=N[C@@H]1c1ccc(-c2ccc(Cl)cc2)cc1. The van der Waals surface area contributed by atoms with Crippen molar-refractivity contribution in [1.82, 2.24) is 0 Å². The van der Waals surface area contributed by atoms with Gasteiger partial charge in [0.25, 0.3) is 0 Å². The largest absolute Gasteiger partial charge is 0.472 e. The molecule has 1 heterocycles. The smallest absolute Gasteiger partial charge is 0.223 e. The van der Waals surface area contributed by atoms with Crippen LogP contribution in [0.2, 0.25) is 5.02 Å². The van der Waals surface area contributed by atoms with Gasteiger partial charge in [-0.1, -0.05) is 54.1 Å². The van der Waals surface area contributed by atoms with Crippen LogP contribution in [0.15, 0.2) is 71.7 Å². The van der Waals surface area contributed by atoms with Gasteiger partial charge < -0.3 is 4.74 Å². The summed E-state index contributed by atoms with van der Waals surface area (Å²) in [4.78, 5) is 4.44. The molecule has 3 aromatic carbocycles. The Morgan fingerprint density at radius 1 is 0.852 bits per heavy atom. The quantitative estimate of drug-likeness (QED) is 0.528. The maximum Gasteiger partial charge on any atom is 0.223 e. The second-order valence-corrected chi connectivity index (χ2v) is 6.86. The third-order valence-electron chi connectivity index (χ3n) is 4.60. The summed E-state index contributed by atoms with van der Waals surface area (Å²) in [6, 6.07) is 18.9. The van der Waals surface area contributed by atoms with Crippen molar-refractivity contribution in [2.75, 3.05) is 0 Å². The molecule has 0 radical (unpaired) electrons. The Kier molecular flexibility index (Phi) is 4.66. The molecule has 136 valence electrons. The zero-order chi connectivity index (χ0) is 19.0. The summed E-state index contributed by atoms with van der Waals surface area (Å²) < 4.78 is 33.7. The summed E-state index contributed by atoms with van der Waals surface area (Å²) in [5.41, 5.74) is 2.81. The van der Waals surface area contributed by atoms with Crippen molar-refractivity contribution in [2.45, 2.75) is 19.1 Å². The molecule has 0 aromatic heterocycles. The zero-order valence-electron chi connectivity index (χ0n) is 14.5. The predicted octanol–water partition coefficient (Wildman–Crippen LogP) is 6.19. The summed E-state index contributed by atoms with van der Waals surface area (Å²) in [6.07, 6.45) is -0.319. The normalized spacial score (nSPS) is 18.9. The van der Waals surface area contributed by atoms with E-state index in [0.29, 0.717) is 5.02 Å². The van der Waals surface area contributed by atoms with Crippen LogP contribution in [0.3, 0.4) is 0 Å². The fourth-order valence-corrected chi connectivity index (χ4v) is 3.31. The van der Waals surface area contributed by atoms with Crippen LogP contribution < -0.4 is 0 Å². The number of hydrogen-bond acceptors (Lipinski definition) is 2. The molecule has 0 fully saturated rings. The Morgan fingerprint density at radius 2 is 1.41 bits per heavy atom. The molecule has 1 aliphatic heterocycles. The highest BCUT2D eigenvalue weighted by Gasteiger charge is 2.32. The number of benzene rings is 3. The molecule has 3 aromatic rings. The number of rotatable bonds is 3. The Bertz CT molecular complexity index is 980. The van der Waals surface area contributed by atoms with Crippen LogP contribution >= 0.6 is 11.6 Å². The summed E-state index contributed by atoms with van der Waals surface area (Å²) >= 11 is 5.93. The van der Waals surface area contributed by atoms with Gasteiger partial charge in [-0.3, -0.25) is 0 Å². The van der Waals surface area contributed by atoms with E-state index in [1.807, 2.05) is 55.5 Å². The van der Waals surface area contributed by atoms with E-state index in [4.69, 9.17) is 16.3 Å². The highest BCUT2D eigenvalue weighted by Crippen LogP contribution is 2.33. The van der Waals surface area contributed by atoms with Crippen LogP contribution in [0.25, 0.3) is 11.1 Å². The third-order valence-corrected chi connectivity index (χ3v) is 4.86. The number of nitrogens with zero attached hydrogens (tertiary/aromatic N) is 1. The second kappa shape index (κ2) is 7.12. The summed E-state index contributed by atoms with van der Waals surface area (Å²) in [5, 5.41) is 0.689. The van der Waals surface area contributed by atoms with Gasteiger partial charge >= 0.3 is 0 Å². The minimum atomic E-state index is -0.681. The van der Waals surface area contributed by atoms with E-state index >= 15 is 0 Å². The minimum Gasteiger partial charge on any atom is -0.472 e. The Hall–Kier alpha value is -2.72. The first kappa shape index (κ1) is 17.7. The van der Waals surface area contributed by atoms with Crippen molar-refractivity contribution in [2.24, 2.45) is 4.99 Å². The molecule has 2 nitrogen and oxygen atoms in total. The van der Waals surface area contributed by atoms with Gasteiger partial charge in [0, 0.05) is 5.02 Å². The van der Waals surface area contributed by atoms with E-state index in [1.54, 1.807) is 0 Å². The number of halogens is 3. The van der Waals surface area contributed by atoms with Gasteiger partial charge in [0.05, 0.1) is 0 Å². The molecule has 0 bridgehead atoms. The van der Waals surface area contributed by atoms with Crippen LogP contribution in [-0.2, 0) is 4.74 Å². The Balaban J connectivity index is 1.63. The van der Waals surface area contributed by atoms with E-state index in [1.165, 1.54) is 18.2 Å². The van der Waals surface area contributed by atoms with E-state index in [0.717, 1.165) is 16.7 Å². The van der Waals surface area contributed by atoms with Crippen LogP contribution in [0, 0.1) is 11.6 Å². The molecular weight excluding hydrogens is 368 g/mol. The minimum absolute atomic E-state index is 0.00452. The van der Waals surface area contributed by atoms with Crippen molar-refractivity contribution in [3.8, 4) is 11.1 Å². The summed E-state index contributed by atoms with van der Waals surface area (Å²) in [6.45, 7) is 1.84. The molecule has 0 N–H and O–H groups in total. The lowest BCUT2D eigenvalue weighted by Gasteiger charge is -2.13. The van der Waals surface area contributed by atoms with Crippen molar-refractivity contribution in [3.63, 3.8) is 0 Å². The molecule has 1 aliphatic rings. The molecule has 0 amide bonds. The van der Waals surface area contributed by atoms with Gasteiger partial charge in [0.1, 0.15) is 29.3 Å². The van der Waals surface area contributed by atoms with Gasteiger partial charge in [0.2, 0.25) is 5.90 Å². The standard InChI is InChI=1S/C22H16ClF2NO/c1-13-21(26-22(27-13)20-18(24)3-2-4-19(20)25)16-7-5-14(6-8-16)15-9-11-17(23)12-10-15/h2-13,21H,1H3/t13-,21+/m1/s1. The van der Waals surface area contributed by atoms with Crippen molar-refractivity contribution in [3.05, 3.63) is 94.5 Å². The molecule has 0 aliphatic carbocycles. The molecule has 27 heavy (non-hydrogen) atoms. The fraction of sp³-hybridized carbons (Fsp3) is 0.136. The van der Waals surface area contributed by atoms with Crippen molar-refractivity contribution >= 4 is 17.5 Å². The van der Waals surface area contributed by atoms with Gasteiger partial charge in [-0.25, -0.2) is 13.8 Å². The molecule has 0 saturated heterocycles. The van der Waals surface area contributed by atoms with Crippen molar-refractivity contribution < 1.29 is 13.5 Å². The van der Waals surface area contributed by atoms with Gasteiger partial charge in [-0.05, 0) is 47.9 Å². The molecule has 0 saturated carbocycles. The highest BCUT2D eigenvalue weighted by atomic mass is 35.5. The number of hydrogen-bond donors (Lipinski definition) is 0. The number of aliphatic imine (C=N–C) groups is 1. The monoisotopic (exact) mass is 383 g/mol. The maximum absolute atomic E-state index is 14.0. The van der Waals surface area contributed by atoms with Gasteiger partial charge in [-0.2, -0.15) is 0 Å². The van der Waals surface area contributed by atoms with E-state index in [2.05, 4.69) is 4.99 Å². The summed E-state index contributed by atoms with van der Waals surface area (Å²) in [5.74, 6) is -1.36. The van der Waals surface area contributed by atoms with Crippen LogP contribution in [0.1, 0.15) is 24.1 Å². The lowest BCUT2D eigenvalue weighted by molar-refractivity contribution is 0.213. The molecule has 5 heteroatoms. The average molecular weight is 384 g/mol. The van der Waals surface area contributed by atoms with Crippen molar-refractivity contribution in [1.29, 1.82) is 0 Å². The fourth-order valence-electron chi connectivity index (χ4n) is 3.19. The van der Waals surface area contributed by atoms with E-state index < -0.39 is 11.6 Å². The molecule has 2 atom stereocenters. The molecule has 0 spiro atoms. The topological polar surface area (TPSA) is 21.6 Å². The van der Waals surface area contributed by atoms with Crippen LogP contribution in [0.5, 0.6) is 0 Å². The van der Waals surface area contributed by atoms with E-state index in [-0.39, 0.29) is 23.6 Å². The van der Waals surface area contributed by atoms with Gasteiger partial charge in [-0.15, -0.1) is 0 Å². The van der Waals surface area contributed by atoms with Gasteiger partial charge in [0.15, 0.2) is 0 Å². The summed E-state index contributed by atoms with van der Waals surface area (Å²) in [7, 11) is 0. The lowest BCUT2D eigenvalue weighted by Crippen LogP contribution is -2.14. The van der Waals surface area contributed by atoms with Crippen LogP contribution in [-0.4, -0.2) is 12.0 Å². The average Bonchev–Trinajstić information content (AvgIpc) is 3.04. The lowest BCUT2D eigenvalue weighted by atomic mass is 9.99. The van der Waals surface area contributed by atoms with Crippen LogP contribution in [0.4, 0.5) is 8.78 Å². The first-order valence-corrected chi connectivity index (χ1v) is 8.95. The zero-order valence-corrected chi connectivity index (χ0v) is 15.3. The molecule has 0 unspecified atom stereocenters. The van der Waals surface area contributed by atoms with E-state index in [9.17, 15) is 8.78 Å². The highest BCUT2D eigenvalue weighted by molar-refractivity contribution is 6.30. The molecule has 4 rings (SSSR count). The first-order valence-electron chi connectivity index (χ1n) is 8.57. The second-order valence-electron chi connectivity index (χ2n) is 6.43. The first-order chi connectivity index (χ1) is 13.0. The Labute approximate surface area is 161 Å². The number of ether oxygens (including phenoxy) is 1. The Morgan fingerprint density at radius 3 is 2.00 bits per heavy atom. The third kappa shape index (κ3) is 3.45. The molecular formula is C22H16ClF2NO.